The summed E-state index contributed by atoms with van der Waals surface area (Å²) in [5, 5.41) is 3.46. The molecular formula is C22H23N3O2. The third-order valence-corrected chi connectivity index (χ3v) is 4.31. The van der Waals surface area contributed by atoms with E-state index >= 15 is 0 Å². The summed E-state index contributed by atoms with van der Waals surface area (Å²) in [4.78, 5) is 19.7. The maximum Gasteiger partial charge on any atom is 0.305 e. The van der Waals surface area contributed by atoms with Crippen molar-refractivity contribution in [3.05, 3.63) is 83.8 Å². The second-order valence-electron chi connectivity index (χ2n) is 6.29. The number of esters is 1. The minimum Gasteiger partial charge on any atom is -0.469 e. The molecule has 0 unspecified atom stereocenters. The molecule has 0 amide bonds. The van der Waals surface area contributed by atoms with Crippen molar-refractivity contribution in [1.82, 2.24) is 15.3 Å². The Morgan fingerprint density at radius 3 is 2.52 bits per heavy atom. The lowest BCUT2D eigenvalue weighted by atomic mass is 10.1. The molecule has 27 heavy (non-hydrogen) atoms. The van der Waals surface area contributed by atoms with Gasteiger partial charge in [0.15, 0.2) is 0 Å². The first-order chi connectivity index (χ1) is 13.2. The average Bonchev–Trinajstić information content (AvgIpc) is 2.73. The van der Waals surface area contributed by atoms with Crippen molar-refractivity contribution in [2.45, 2.75) is 25.9 Å². The summed E-state index contributed by atoms with van der Waals surface area (Å²) >= 11 is 0. The second-order valence-corrected chi connectivity index (χ2v) is 6.29. The molecule has 1 heterocycles. The largest absolute Gasteiger partial charge is 0.469 e. The van der Waals surface area contributed by atoms with Crippen molar-refractivity contribution in [2.75, 3.05) is 7.11 Å². The van der Waals surface area contributed by atoms with Crippen LogP contribution in [0.4, 0.5) is 0 Å². The molecule has 0 fully saturated rings. The third-order valence-electron chi connectivity index (χ3n) is 4.31. The summed E-state index contributed by atoms with van der Waals surface area (Å²) in [7, 11) is 1.42. The van der Waals surface area contributed by atoms with Crippen LogP contribution in [0.1, 0.15) is 23.1 Å². The van der Waals surface area contributed by atoms with E-state index in [9.17, 15) is 4.79 Å². The molecule has 138 valence electrons. The molecule has 5 nitrogen and oxygen atoms in total. The molecule has 0 aliphatic carbocycles. The number of hydrogen-bond donors (Lipinski definition) is 1. The molecule has 0 saturated carbocycles. The van der Waals surface area contributed by atoms with Gasteiger partial charge in [0, 0.05) is 37.5 Å². The van der Waals surface area contributed by atoms with Crippen LogP contribution >= 0.6 is 0 Å². The molecule has 3 rings (SSSR count). The molecule has 0 spiro atoms. The molecular weight excluding hydrogens is 338 g/mol. The summed E-state index contributed by atoms with van der Waals surface area (Å²) in [5.74, 6) is -0.177. The van der Waals surface area contributed by atoms with E-state index in [0.717, 1.165) is 29.9 Å². The van der Waals surface area contributed by atoms with Crippen molar-refractivity contribution in [3.8, 4) is 11.3 Å². The number of hydrogen-bond acceptors (Lipinski definition) is 5. The second kappa shape index (κ2) is 9.59. The van der Waals surface area contributed by atoms with E-state index in [1.54, 1.807) is 18.6 Å². The van der Waals surface area contributed by atoms with Crippen LogP contribution in [0.15, 0.2) is 67.1 Å². The van der Waals surface area contributed by atoms with Crippen molar-refractivity contribution >= 4 is 5.97 Å². The summed E-state index contributed by atoms with van der Waals surface area (Å²) in [6.45, 7) is 1.56. The predicted molar refractivity (Wildman–Crippen MR) is 105 cm³/mol. The minimum atomic E-state index is -0.177. The number of methoxy groups -OCH3 is 1. The van der Waals surface area contributed by atoms with E-state index < -0.39 is 0 Å². The van der Waals surface area contributed by atoms with Crippen molar-refractivity contribution in [1.29, 1.82) is 0 Å². The lowest BCUT2D eigenvalue weighted by Gasteiger charge is -2.08. The van der Waals surface area contributed by atoms with Crippen LogP contribution in [0, 0.1) is 0 Å². The monoisotopic (exact) mass is 361 g/mol. The third kappa shape index (κ3) is 5.72. The van der Waals surface area contributed by atoms with Crippen molar-refractivity contribution in [2.24, 2.45) is 0 Å². The summed E-state index contributed by atoms with van der Waals surface area (Å²) in [5.41, 5.74) is 5.50. The van der Waals surface area contributed by atoms with Gasteiger partial charge in [-0.05, 0) is 23.1 Å². The summed E-state index contributed by atoms with van der Waals surface area (Å²) in [6.07, 6.45) is 6.24. The van der Waals surface area contributed by atoms with Gasteiger partial charge in [-0.1, -0.05) is 48.5 Å². The molecule has 5 heteroatoms. The van der Waals surface area contributed by atoms with Crippen LogP contribution in [-0.4, -0.2) is 23.0 Å². The van der Waals surface area contributed by atoms with E-state index in [2.05, 4.69) is 51.7 Å². The van der Waals surface area contributed by atoms with Crippen molar-refractivity contribution < 1.29 is 9.53 Å². The van der Waals surface area contributed by atoms with E-state index in [1.807, 2.05) is 12.1 Å². The average molecular weight is 361 g/mol. The fraction of sp³-hybridized carbons (Fsp3) is 0.227. The molecule has 3 aromatic rings. The van der Waals surface area contributed by atoms with Crippen LogP contribution in [0.5, 0.6) is 0 Å². The van der Waals surface area contributed by atoms with Gasteiger partial charge < -0.3 is 10.1 Å². The minimum absolute atomic E-state index is 0.177. The maximum absolute atomic E-state index is 11.3. The molecule has 1 N–H and O–H groups in total. The molecule has 0 radical (unpaired) electrons. The Balaban J connectivity index is 1.50. The topological polar surface area (TPSA) is 64.1 Å². The molecule has 0 atom stereocenters. The molecule has 0 aliphatic rings. The highest BCUT2D eigenvalue weighted by Crippen LogP contribution is 2.16. The first-order valence-electron chi connectivity index (χ1n) is 8.95. The van der Waals surface area contributed by atoms with Gasteiger partial charge in [0.2, 0.25) is 0 Å². The Hall–Kier alpha value is -3.05. The van der Waals surface area contributed by atoms with Gasteiger partial charge in [-0.2, -0.15) is 0 Å². The van der Waals surface area contributed by atoms with Crippen LogP contribution in [-0.2, 0) is 29.0 Å². The highest BCUT2D eigenvalue weighted by molar-refractivity contribution is 5.69. The summed E-state index contributed by atoms with van der Waals surface area (Å²) < 4.78 is 4.69. The number of aromatic nitrogens is 2. The number of nitrogens with one attached hydrogen (secondary N) is 1. The number of ether oxygens (including phenoxy) is 1. The van der Waals surface area contributed by atoms with E-state index in [0.29, 0.717) is 12.8 Å². The quantitative estimate of drug-likeness (QED) is 0.622. The zero-order valence-corrected chi connectivity index (χ0v) is 15.4. The Morgan fingerprint density at radius 1 is 1.00 bits per heavy atom. The number of carbonyl (C=O) groups is 1. The van der Waals surface area contributed by atoms with Crippen LogP contribution in [0.2, 0.25) is 0 Å². The fourth-order valence-corrected chi connectivity index (χ4v) is 2.84. The Morgan fingerprint density at radius 2 is 1.78 bits per heavy atom. The number of benzene rings is 2. The normalized spacial score (nSPS) is 10.6. The highest BCUT2D eigenvalue weighted by Gasteiger charge is 2.03. The molecule has 0 bridgehead atoms. The zero-order valence-electron chi connectivity index (χ0n) is 15.4. The lowest BCUT2D eigenvalue weighted by Crippen LogP contribution is -2.12. The van der Waals surface area contributed by atoms with Crippen LogP contribution < -0.4 is 5.32 Å². The van der Waals surface area contributed by atoms with Crippen LogP contribution in [0.25, 0.3) is 11.3 Å². The number of carbonyl (C=O) groups excluding carboxylic acids is 1. The van der Waals surface area contributed by atoms with Gasteiger partial charge in [0.25, 0.3) is 0 Å². The van der Waals surface area contributed by atoms with E-state index in [-0.39, 0.29) is 5.97 Å². The number of nitrogens with zero attached hydrogens (tertiary/aromatic N) is 2. The first-order valence-corrected chi connectivity index (χ1v) is 8.95. The van der Waals surface area contributed by atoms with Gasteiger partial charge in [0.05, 0.1) is 19.0 Å². The smallest absolute Gasteiger partial charge is 0.305 e. The number of rotatable bonds is 8. The van der Waals surface area contributed by atoms with Gasteiger partial charge >= 0.3 is 5.97 Å². The fourth-order valence-electron chi connectivity index (χ4n) is 2.84. The van der Waals surface area contributed by atoms with Gasteiger partial charge in [0.1, 0.15) is 0 Å². The highest BCUT2D eigenvalue weighted by atomic mass is 16.5. The zero-order chi connectivity index (χ0) is 18.9. The number of aryl methyl sites for hydroxylation is 1. The van der Waals surface area contributed by atoms with E-state index in [4.69, 9.17) is 4.74 Å². The van der Waals surface area contributed by atoms with Gasteiger partial charge in [-0.25, -0.2) is 0 Å². The molecule has 2 aromatic carbocycles. The Kier molecular flexibility index (Phi) is 6.66. The maximum atomic E-state index is 11.3. The SMILES string of the molecule is COC(=O)CCc1cccc(CNCc2ccc(-c3cnccn3)cc2)c1. The lowest BCUT2D eigenvalue weighted by molar-refractivity contribution is -0.140. The predicted octanol–water partition coefficient (Wildman–Crippen LogP) is 3.54. The van der Waals surface area contributed by atoms with Gasteiger partial charge in [-0.3, -0.25) is 14.8 Å². The Bertz CT molecular complexity index is 864. The summed E-state index contributed by atoms with van der Waals surface area (Å²) in [6, 6.07) is 16.6. The first kappa shape index (κ1) is 18.7. The molecule has 0 aliphatic heterocycles. The molecule has 0 saturated heterocycles. The Labute approximate surface area is 159 Å². The van der Waals surface area contributed by atoms with Gasteiger partial charge in [-0.15, -0.1) is 0 Å². The standard InChI is InChI=1S/C22H23N3O2/c1-27-22(26)10-7-17-3-2-4-19(13-17)15-24-14-18-5-8-20(9-6-18)21-16-23-11-12-25-21/h2-6,8-9,11-13,16,24H,7,10,14-15H2,1H3. The van der Waals surface area contributed by atoms with Crippen molar-refractivity contribution in [3.63, 3.8) is 0 Å². The molecule has 1 aromatic heterocycles. The van der Waals surface area contributed by atoms with Crippen LogP contribution in [0.3, 0.4) is 0 Å². The van der Waals surface area contributed by atoms with E-state index in [1.165, 1.54) is 18.2 Å².